The molecular formula is C20H16N4O5S. The fourth-order valence-corrected chi connectivity index (χ4v) is 3.68. The van der Waals surface area contributed by atoms with Crippen LogP contribution in [0.5, 0.6) is 11.5 Å². The average molecular weight is 424 g/mol. The molecule has 5 rings (SSSR count). The Morgan fingerprint density at radius 2 is 1.90 bits per heavy atom. The van der Waals surface area contributed by atoms with Crippen LogP contribution in [0, 0.1) is 0 Å². The van der Waals surface area contributed by atoms with Crippen LogP contribution in [0.15, 0.2) is 55.4 Å². The van der Waals surface area contributed by atoms with E-state index in [2.05, 4.69) is 15.1 Å². The largest absolute Gasteiger partial charge is 0.454 e. The van der Waals surface area contributed by atoms with Gasteiger partial charge in [0.2, 0.25) is 18.5 Å². The Hall–Kier alpha value is -3.53. The van der Waals surface area contributed by atoms with E-state index in [-0.39, 0.29) is 19.8 Å². The first-order valence-corrected chi connectivity index (χ1v) is 10.4. The van der Waals surface area contributed by atoms with Gasteiger partial charge in [-0.25, -0.2) is 4.79 Å². The van der Waals surface area contributed by atoms with Crippen molar-refractivity contribution in [3.63, 3.8) is 0 Å². The lowest BCUT2D eigenvalue weighted by atomic mass is 10.2. The molecule has 152 valence electrons. The summed E-state index contributed by atoms with van der Waals surface area (Å²) in [5.41, 5.74) is 0.303. The molecule has 30 heavy (non-hydrogen) atoms. The second-order valence-corrected chi connectivity index (χ2v) is 7.51. The zero-order valence-corrected chi connectivity index (χ0v) is 16.7. The first-order chi connectivity index (χ1) is 14.6. The van der Waals surface area contributed by atoms with Crippen molar-refractivity contribution >= 4 is 22.7 Å². The number of thioether (sulfide) groups is 1. The van der Waals surface area contributed by atoms with Crippen LogP contribution in [0.3, 0.4) is 0 Å². The number of nitrogens with one attached hydrogen (secondary N) is 1. The second-order valence-electron chi connectivity index (χ2n) is 6.63. The van der Waals surface area contributed by atoms with Crippen LogP contribution in [0.25, 0.3) is 22.3 Å². The van der Waals surface area contributed by atoms with E-state index in [1.54, 1.807) is 23.9 Å². The third-order valence-electron chi connectivity index (χ3n) is 4.84. The van der Waals surface area contributed by atoms with Gasteiger partial charge in [0.1, 0.15) is 0 Å². The topological polar surface area (TPSA) is 112 Å². The summed E-state index contributed by atoms with van der Waals surface area (Å²) in [4.78, 5) is 33.5. The number of aromatic nitrogens is 4. The van der Waals surface area contributed by atoms with Crippen LogP contribution in [0.4, 0.5) is 0 Å². The van der Waals surface area contributed by atoms with Crippen molar-refractivity contribution in [1.82, 2.24) is 19.7 Å². The first-order valence-electron chi connectivity index (χ1n) is 9.16. The molecule has 0 spiro atoms. The number of aryl methyl sites for hydroxylation is 1. The highest BCUT2D eigenvalue weighted by Crippen LogP contribution is 2.34. The van der Waals surface area contributed by atoms with Crippen molar-refractivity contribution in [2.45, 2.75) is 17.9 Å². The number of nitrogens with zero attached hydrogens (tertiary/aromatic N) is 3. The van der Waals surface area contributed by atoms with Crippen LogP contribution in [0.2, 0.25) is 0 Å². The van der Waals surface area contributed by atoms with Gasteiger partial charge in [-0.15, -0.1) is 11.8 Å². The van der Waals surface area contributed by atoms with Gasteiger partial charge in [-0.05, 0) is 36.6 Å². The maximum Gasteiger partial charge on any atom is 0.328 e. The van der Waals surface area contributed by atoms with Crippen molar-refractivity contribution in [3.05, 3.63) is 63.1 Å². The molecule has 0 fully saturated rings. The number of hydrogen-bond donors (Lipinski definition) is 1. The second kappa shape index (κ2) is 7.38. The predicted molar refractivity (Wildman–Crippen MR) is 110 cm³/mol. The Morgan fingerprint density at radius 1 is 1.13 bits per heavy atom. The van der Waals surface area contributed by atoms with Crippen LogP contribution in [0.1, 0.15) is 5.89 Å². The van der Waals surface area contributed by atoms with Crippen LogP contribution in [-0.2, 0) is 13.0 Å². The molecule has 0 aliphatic carbocycles. The Morgan fingerprint density at radius 3 is 2.67 bits per heavy atom. The molecule has 0 unspecified atom stereocenters. The minimum atomic E-state index is -0.515. The normalized spacial score (nSPS) is 12.6. The van der Waals surface area contributed by atoms with E-state index in [1.165, 1.54) is 0 Å². The van der Waals surface area contributed by atoms with Gasteiger partial charge in [0, 0.05) is 29.5 Å². The third-order valence-corrected chi connectivity index (χ3v) is 5.58. The number of rotatable bonds is 5. The summed E-state index contributed by atoms with van der Waals surface area (Å²) in [6.45, 7) is 0.190. The number of benzene rings is 2. The highest BCUT2D eigenvalue weighted by atomic mass is 32.2. The SMILES string of the molecule is CSc1ccc(-c2noc(CCn3c(=O)[nH]c4cc5c(cc4c3=O)OCO5)n2)cc1. The minimum absolute atomic E-state index is 0.0869. The van der Waals surface area contributed by atoms with E-state index in [1.807, 2.05) is 30.5 Å². The Kier molecular flexibility index (Phi) is 4.55. The lowest BCUT2D eigenvalue weighted by Crippen LogP contribution is -2.35. The van der Waals surface area contributed by atoms with E-state index in [4.69, 9.17) is 14.0 Å². The van der Waals surface area contributed by atoms with Gasteiger partial charge >= 0.3 is 5.69 Å². The molecular weight excluding hydrogens is 408 g/mol. The molecule has 2 aromatic carbocycles. The Balaban J connectivity index is 1.40. The molecule has 3 heterocycles. The summed E-state index contributed by atoms with van der Waals surface area (Å²) in [6, 6.07) is 11.0. The van der Waals surface area contributed by atoms with Crippen molar-refractivity contribution in [3.8, 4) is 22.9 Å². The lowest BCUT2D eigenvalue weighted by Gasteiger charge is -2.06. The van der Waals surface area contributed by atoms with Gasteiger partial charge in [0.15, 0.2) is 11.5 Å². The standard InChI is InChI=1S/C20H16N4O5S/c1-30-12-4-2-11(3-5-12)18-22-17(29-23-18)6-7-24-19(25)13-8-15-16(28-10-27-15)9-14(13)21-20(24)26/h2-5,8-9H,6-7,10H2,1H3,(H,21,26). The van der Waals surface area contributed by atoms with E-state index in [9.17, 15) is 9.59 Å². The number of ether oxygens (including phenoxy) is 2. The van der Waals surface area contributed by atoms with E-state index >= 15 is 0 Å². The maximum atomic E-state index is 12.8. The minimum Gasteiger partial charge on any atom is -0.454 e. The molecule has 9 nitrogen and oxygen atoms in total. The summed E-state index contributed by atoms with van der Waals surface area (Å²) in [7, 11) is 0. The number of aromatic amines is 1. The summed E-state index contributed by atoms with van der Waals surface area (Å²) >= 11 is 1.65. The van der Waals surface area contributed by atoms with Gasteiger partial charge in [0.05, 0.1) is 10.9 Å². The molecule has 2 aromatic heterocycles. The van der Waals surface area contributed by atoms with Gasteiger partial charge in [-0.2, -0.15) is 4.98 Å². The molecule has 1 aliphatic heterocycles. The fourth-order valence-electron chi connectivity index (χ4n) is 3.27. The van der Waals surface area contributed by atoms with Crippen molar-refractivity contribution in [1.29, 1.82) is 0 Å². The molecule has 0 saturated carbocycles. The zero-order chi connectivity index (χ0) is 20.7. The molecule has 0 atom stereocenters. The van der Waals surface area contributed by atoms with Crippen molar-refractivity contribution in [2.24, 2.45) is 0 Å². The third kappa shape index (κ3) is 3.24. The number of fused-ring (bicyclic) bond motifs is 2. The van der Waals surface area contributed by atoms with Crippen LogP contribution < -0.4 is 20.7 Å². The highest BCUT2D eigenvalue weighted by molar-refractivity contribution is 7.98. The van der Waals surface area contributed by atoms with Crippen LogP contribution in [-0.4, -0.2) is 32.7 Å². The Labute approximate surface area is 173 Å². The van der Waals surface area contributed by atoms with E-state index in [0.717, 1.165) is 15.0 Å². The van der Waals surface area contributed by atoms with Gasteiger partial charge in [0.25, 0.3) is 5.56 Å². The molecule has 4 aromatic rings. The molecule has 0 amide bonds. The van der Waals surface area contributed by atoms with Gasteiger partial charge < -0.3 is 19.0 Å². The van der Waals surface area contributed by atoms with E-state index in [0.29, 0.717) is 34.1 Å². The summed E-state index contributed by atoms with van der Waals surface area (Å²) in [5.74, 6) is 1.78. The quantitative estimate of drug-likeness (QED) is 0.486. The molecule has 10 heteroatoms. The maximum absolute atomic E-state index is 12.8. The first kappa shape index (κ1) is 18.5. The molecule has 0 radical (unpaired) electrons. The summed E-state index contributed by atoms with van der Waals surface area (Å²) < 4.78 is 17.0. The van der Waals surface area contributed by atoms with Crippen molar-refractivity contribution in [2.75, 3.05) is 13.0 Å². The number of hydrogen-bond acceptors (Lipinski definition) is 8. The lowest BCUT2D eigenvalue weighted by molar-refractivity contribution is 0.174. The predicted octanol–water partition coefficient (Wildman–Crippen LogP) is 2.43. The number of H-pyrrole nitrogens is 1. The van der Waals surface area contributed by atoms with Gasteiger partial charge in [-0.3, -0.25) is 9.36 Å². The molecule has 0 saturated heterocycles. The summed E-state index contributed by atoms with van der Waals surface area (Å²) in [6.07, 6.45) is 2.25. The zero-order valence-electron chi connectivity index (χ0n) is 15.9. The summed E-state index contributed by atoms with van der Waals surface area (Å²) in [5, 5.41) is 4.34. The smallest absolute Gasteiger partial charge is 0.328 e. The fraction of sp³-hybridized carbons (Fsp3) is 0.200. The monoisotopic (exact) mass is 424 g/mol. The van der Waals surface area contributed by atoms with E-state index < -0.39 is 11.2 Å². The molecule has 1 aliphatic rings. The molecule has 1 N–H and O–H groups in total. The van der Waals surface area contributed by atoms with Crippen LogP contribution >= 0.6 is 11.8 Å². The van der Waals surface area contributed by atoms with Gasteiger partial charge in [-0.1, -0.05) is 5.16 Å². The molecule has 0 bridgehead atoms. The van der Waals surface area contributed by atoms with Crippen molar-refractivity contribution < 1.29 is 14.0 Å². The Bertz CT molecular complexity index is 1360. The highest BCUT2D eigenvalue weighted by Gasteiger charge is 2.18. The average Bonchev–Trinajstić information content (AvgIpc) is 3.41.